The number of nitrogens with one attached hydrogen (secondary N) is 1. The van der Waals surface area contributed by atoms with Gasteiger partial charge in [-0.25, -0.2) is 13.8 Å². The Balaban J connectivity index is 1.89. The van der Waals surface area contributed by atoms with Gasteiger partial charge < -0.3 is 14.4 Å². The summed E-state index contributed by atoms with van der Waals surface area (Å²) in [5.74, 6) is -0.689. The molecule has 0 aliphatic carbocycles. The molecule has 0 amide bonds. The number of aromatic nitrogens is 3. The zero-order chi connectivity index (χ0) is 17.6. The third kappa shape index (κ3) is 2.44. The molecule has 0 aliphatic rings. The topological polar surface area (TPSA) is 58.0 Å². The van der Waals surface area contributed by atoms with Crippen LogP contribution in [-0.4, -0.2) is 29.2 Å². The highest BCUT2D eigenvalue weighted by Gasteiger charge is 2.20. The van der Waals surface area contributed by atoms with Crippen molar-refractivity contribution in [2.75, 3.05) is 19.0 Å². The van der Waals surface area contributed by atoms with Gasteiger partial charge in [0.1, 0.15) is 11.5 Å². The van der Waals surface area contributed by atoms with Gasteiger partial charge in [-0.05, 0) is 18.2 Å². The Labute approximate surface area is 141 Å². The molecule has 3 heterocycles. The number of aromatic amines is 1. The van der Waals surface area contributed by atoms with Crippen molar-refractivity contribution < 1.29 is 13.3 Å². The lowest BCUT2D eigenvalue weighted by atomic mass is 10.0. The standard InChI is InChI=1S/C18H14F2N4O/c1-24(2)15-7-6-11-12(8-21-18(11)23-15)17-13(9-22-25-17)10-4-3-5-14(19)16(10)20/h3-9H,1-2H3,(H,21,23). The monoisotopic (exact) mass is 340 g/mol. The minimum Gasteiger partial charge on any atom is -0.363 e. The fraction of sp³-hybridized carbons (Fsp3) is 0.111. The van der Waals surface area contributed by atoms with Crippen molar-refractivity contribution in [1.82, 2.24) is 15.1 Å². The molecule has 7 heteroatoms. The number of hydrogen-bond acceptors (Lipinski definition) is 4. The molecule has 25 heavy (non-hydrogen) atoms. The molecule has 0 spiro atoms. The SMILES string of the molecule is CN(C)c1ccc2c(-c3oncc3-c3cccc(F)c3F)c[nH]c2n1. The predicted molar refractivity (Wildman–Crippen MR) is 91.3 cm³/mol. The highest BCUT2D eigenvalue weighted by molar-refractivity contribution is 5.96. The summed E-state index contributed by atoms with van der Waals surface area (Å²) in [7, 11) is 3.80. The van der Waals surface area contributed by atoms with E-state index in [4.69, 9.17) is 4.52 Å². The molecule has 1 aromatic carbocycles. The van der Waals surface area contributed by atoms with E-state index in [0.29, 0.717) is 22.5 Å². The second-order valence-electron chi connectivity index (χ2n) is 5.83. The fourth-order valence-corrected chi connectivity index (χ4v) is 2.77. The zero-order valence-corrected chi connectivity index (χ0v) is 13.5. The molecular formula is C18H14F2N4O. The van der Waals surface area contributed by atoms with Gasteiger partial charge in [0.25, 0.3) is 0 Å². The van der Waals surface area contributed by atoms with E-state index in [1.165, 1.54) is 18.3 Å². The number of rotatable bonds is 3. The van der Waals surface area contributed by atoms with Crippen LogP contribution in [0.3, 0.4) is 0 Å². The van der Waals surface area contributed by atoms with Crippen LogP contribution in [0.25, 0.3) is 33.5 Å². The Kier molecular flexibility index (Phi) is 3.49. The summed E-state index contributed by atoms with van der Waals surface area (Å²) in [4.78, 5) is 9.49. The lowest BCUT2D eigenvalue weighted by Crippen LogP contribution is -2.10. The molecular weight excluding hydrogens is 326 g/mol. The van der Waals surface area contributed by atoms with Crippen LogP contribution >= 0.6 is 0 Å². The quantitative estimate of drug-likeness (QED) is 0.606. The maximum absolute atomic E-state index is 14.2. The van der Waals surface area contributed by atoms with E-state index in [1.54, 1.807) is 6.20 Å². The van der Waals surface area contributed by atoms with Gasteiger partial charge in [-0.15, -0.1) is 0 Å². The van der Waals surface area contributed by atoms with Crippen molar-refractivity contribution in [2.45, 2.75) is 0 Å². The Morgan fingerprint density at radius 2 is 1.88 bits per heavy atom. The van der Waals surface area contributed by atoms with Crippen LogP contribution in [0, 0.1) is 11.6 Å². The molecule has 5 nitrogen and oxygen atoms in total. The summed E-state index contributed by atoms with van der Waals surface area (Å²) in [6.45, 7) is 0. The van der Waals surface area contributed by atoms with Gasteiger partial charge in [-0.1, -0.05) is 17.3 Å². The highest BCUT2D eigenvalue weighted by Crippen LogP contribution is 2.37. The predicted octanol–water partition coefficient (Wildman–Crippen LogP) is 4.23. The summed E-state index contributed by atoms with van der Waals surface area (Å²) >= 11 is 0. The third-order valence-corrected chi connectivity index (χ3v) is 4.04. The molecule has 4 rings (SSSR count). The number of fused-ring (bicyclic) bond motifs is 1. The maximum atomic E-state index is 14.2. The number of pyridine rings is 1. The van der Waals surface area contributed by atoms with Crippen molar-refractivity contribution in [3.8, 4) is 22.5 Å². The van der Waals surface area contributed by atoms with Gasteiger partial charge in [0.05, 0.1) is 11.8 Å². The number of nitrogens with zero attached hydrogens (tertiary/aromatic N) is 3. The van der Waals surface area contributed by atoms with Crippen LogP contribution < -0.4 is 4.90 Å². The molecule has 0 saturated heterocycles. The van der Waals surface area contributed by atoms with Crippen LogP contribution in [-0.2, 0) is 0 Å². The Hall–Kier alpha value is -3.22. The Morgan fingerprint density at radius 3 is 2.68 bits per heavy atom. The minimum atomic E-state index is -0.931. The van der Waals surface area contributed by atoms with Crippen LogP contribution in [0.5, 0.6) is 0 Å². The largest absolute Gasteiger partial charge is 0.363 e. The first-order chi connectivity index (χ1) is 12.1. The zero-order valence-electron chi connectivity index (χ0n) is 13.5. The molecule has 0 unspecified atom stereocenters. The summed E-state index contributed by atoms with van der Waals surface area (Å²) in [5, 5.41) is 4.58. The minimum absolute atomic E-state index is 0.100. The summed E-state index contributed by atoms with van der Waals surface area (Å²) < 4.78 is 33.1. The molecule has 126 valence electrons. The molecule has 4 aromatic rings. The van der Waals surface area contributed by atoms with Crippen molar-refractivity contribution in [1.29, 1.82) is 0 Å². The van der Waals surface area contributed by atoms with E-state index in [9.17, 15) is 8.78 Å². The van der Waals surface area contributed by atoms with Crippen LogP contribution in [0.4, 0.5) is 14.6 Å². The summed E-state index contributed by atoms with van der Waals surface area (Å²) in [5.41, 5.74) is 1.84. The van der Waals surface area contributed by atoms with Crippen LogP contribution in [0.1, 0.15) is 0 Å². The van der Waals surface area contributed by atoms with Gasteiger partial charge in [-0.3, -0.25) is 0 Å². The lowest BCUT2D eigenvalue weighted by molar-refractivity contribution is 0.432. The molecule has 0 radical (unpaired) electrons. The van der Waals surface area contributed by atoms with Gasteiger partial charge in [0.2, 0.25) is 0 Å². The molecule has 3 aromatic heterocycles. The van der Waals surface area contributed by atoms with E-state index in [0.717, 1.165) is 17.3 Å². The van der Waals surface area contributed by atoms with E-state index in [1.807, 2.05) is 31.1 Å². The molecule has 0 aliphatic heterocycles. The first-order valence-electron chi connectivity index (χ1n) is 7.61. The fourth-order valence-electron chi connectivity index (χ4n) is 2.77. The first-order valence-corrected chi connectivity index (χ1v) is 7.61. The second-order valence-corrected chi connectivity index (χ2v) is 5.83. The number of H-pyrrole nitrogens is 1. The Bertz CT molecular complexity index is 1070. The van der Waals surface area contributed by atoms with Crippen molar-refractivity contribution in [2.24, 2.45) is 0 Å². The van der Waals surface area contributed by atoms with Crippen molar-refractivity contribution in [3.05, 3.63) is 54.4 Å². The van der Waals surface area contributed by atoms with Crippen LogP contribution in [0.2, 0.25) is 0 Å². The number of anilines is 1. The molecule has 0 atom stereocenters. The second kappa shape index (κ2) is 5.70. The molecule has 0 bridgehead atoms. The number of halogens is 2. The smallest absolute Gasteiger partial charge is 0.176 e. The summed E-state index contributed by atoms with van der Waals surface area (Å²) in [6, 6.07) is 7.79. The average molecular weight is 340 g/mol. The highest BCUT2D eigenvalue weighted by atomic mass is 19.2. The van der Waals surface area contributed by atoms with Gasteiger partial charge in [-0.2, -0.15) is 0 Å². The van der Waals surface area contributed by atoms with E-state index >= 15 is 0 Å². The summed E-state index contributed by atoms with van der Waals surface area (Å²) in [6.07, 6.45) is 3.10. The van der Waals surface area contributed by atoms with Crippen molar-refractivity contribution in [3.63, 3.8) is 0 Å². The lowest BCUT2D eigenvalue weighted by Gasteiger charge is -2.10. The average Bonchev–Trinajstić information content (AvgIpc) is 3.22. The third-order valence-electron chi connectivity index (χ3n) is 4.04. The normalized spacial score (nSPS) is 11.2. The van der Waals surface area contributed by atoms with Gasteiger partial charge >= 0.3 is 0 Å². The molecule has 1 N–H and O–H groups in total. The van der Waals surface area contributed by atoms with Crippen LogP contribution in [0.15, 0.2) is 47.2 Å². The number of benzene rings is 1. The van der Waals surface area contributed by atoms with E-state index in [2.05, 4.69) is 15.1 Å². The van der Waals surface area contributed by atoms with Gasteiger partial charge in [0.15, 0.2) is 17.4 Å². The van der Waals surface area contributed by atoms with Gasteiger partial charge in [0, 0.05) is 36.8 Å². The van der Waals surface area contributed by atoms with E-state index < -0.39 is 11.6 Å². The Morgan fingerprint density at radius 1 is 1.04 bits per heavy atom. The number of hydrogen-bond donors (Lipinski definition) is 1. The van der Waals surface area contributed by atoms with Crippen molar-refractivity contribution >= 4 is 16.9 Å². The maximum Gasteiger partial charge on any atom is 0.176 e. The van der Waals surface area contributed by atoms with E-state index in [-0.39, 0.29) is 5.56 Å². The first kappa shape index (κ1) is 15.3. The molecule has 0 fully saturated rings. The molecule has 0 saturated carbocycles.